The molecule has 2 unspecified atom stereocenters. The average Bonchev–Trinajstić information content (AvgIpc) is 2.52. The van der Waals surface area contributed by atoms with Crippen LogP contribution in [0.3, 0.4) is 0 Å². The lowest BCUT2D eigenvalue weighted by molar-refractivity contribution is 0.282. The topological polar surface area (TPSA) is 58.0 Å². The molecule has 0 spiro atoms. The number of nitrogens with zero attached hydrogens (tertiary/aromatic N) is 6. The van der Waals surface area contributed by atoms with Crippen molar-refractivity contribution in [1.82, 2.24) is 19.9 Å². The maximum atomic E-state index is 14.2. The molecule has 3 fully saturated rings. The Kier molecular flexibility index (Phi) is 2.95. The molecule has 5 heterocycles. The van der Waals surface area contributed by atoms with Crippen LogP contribution in [0.25, 0.3) is 0 Å². The molecule has 0 aliphatic carbocycles. The van der Waals surface area contributed by atoms with Gasteiger partial charge in [0.25, 0.3) is 0 Å². The zero-order valence-electron chi connectivity index (χ0n) is 12.6. The Bertz CT molecular complexity index is 709. The Balaban J connectivity index is 1.57. The van der Waals surface area contributed by atoms with Gasteiger partial charge in [-0.2, -0.15) is 0 Å². The number of aromatic nitrogens is 4. The third-order valence-electron chi connectivity index (χ3n) is 4.45. The summed E-state index contributed by atoms with van der Waals surface area (Å²) in [5.74, 6) is 0.879. The molecule has 0 radical (unpaired) electrons. The van der Waals surface area contributed by atoms with Crippen LogP contribution in [-0.4, -0.2) is 45.1 Å². The van der Waals surface area contributed by atoms with E-state index in [0.717, 1.165) is 31.2 Å². The number of aryl methyl sites for hydroxylation is 2. The predicted octanol–water partition coefficient (Wildman–Crippen LogP) is 1.49. The number of rotatable bonds is 2. The van der Waals surface area contributed by atoms with E-state index in [-0.39, 0.29) is 17.9 Å². The summed E-state index contributed by atoms with van der Waals surface area (Å²) < 4.78 is 14.2. The van der Waals surface area contributed by atoms with Gasteiger partial charge in [0.1, 0.15) is 6.33 Å². The van der Waals surface area contributed by atoms with Crippen LogP contribution < -0.4 is 9.80 Å². The Labute approximate surface area is 128 Å². The molecule has 6 nitrogen and oxygen atoms in total. The summed E-state index contributed by atoms with van der Waals surface area (Å²) in [6.07, 6.45) is 4.27. The molecule has 2 bridgehead atoms. The fraction of sp³-hybridized carbons (Fsp3) is 0.467. The Morgan fingerprint density at radius 3 is 2.64 bits per heavy atom. The molecule has 3 saturated heterocycles. The molecule has 2 atom stereocenters. The van der Waals surface area contributed by atoms with Crippen molar-refractivity contribution in [2.45, 2.75) is 32.4 Å². The van der Waals surface area contributed by atoms with Gasteiger partial charge >= 0.3 is 0 Å². The third-order valence-corrected chi connectivity index (χ3v) is 4.45. The monoisotopic (exact) mass is 300 g/mol. The summed E-state index contributed by atoms with van der Waals surface area (Å²) in [5.41, 5.74) is 1.35. The summed E-state index contributed by atoms with van der Waals surface area (Å²) in [4.78, 5) is 21.1. The van der Waals surface area contributed by atoms with Crippen molar-refractivity contribution in [2.24, 2.45) is 0 Å². The standard InChI is InChI=1S/C15H17FN6/c1-9-3-4-17-15(20-9)21-6-11-5-12(7-21)22(11)14-13(16)10(2)18-8-19-14/h3-4,8,11-12H,5-7H2,1-2H3. The fourth-order valence-electron chi connectivity index (χ4n) is 3.33. The van der Waals surface area contributed by atoms with E-state index in [4.69, 9.17) is 0 Å². The molecule has 2 aromatic heterocycles. The summed E-state index contributed by atoms with van der Waals surface area (Å²) in [6, 6.07) is 2.40. The van der Waals surface area contributed by atoms with Gasteiger partial charge in [-0.3, -0.25) is 0 Å². The van der Waals surface area contributed by atoms with Crippen LogP contribution in [0, 0.1) is 19.7 Å². The molecule has 22 heavy (non-hydrogen) atoms. The number of anilines is 2. The molecule has 3 aliphatic heterocycles. The van der Waals surface area contributed by atoms with Gasteiger partial charge in [-0.1, -0.05) is 0 Å². The van der Waals surface area contributed by atoms with Gasteiger partial charge in [-0.15, -0.1) is 0 Å². The van der Waals surface area contributed by atoms with Gasteiger partial charge in [0.2, 0.25) is 5.95 Å². The van der Waals surface area contributed by atoms with Crippen molar-refractivity contribution in [3.05, 3.63) is 35.8 Å². The average molecular weight is 300 g/mol. The van der Waals surface area contributed by atoms with Gasteiger partial charge in [-0.05, 0) is 26.3 Å². The fourth-order valence-corrected chi connectivity index (χ4v) is 3.33. The van der Waals surface area contributed by atoms with Gasteiger partial charge in [0.15, 0.2) is 11.6 Å². The molecule has 2 aromatic rings. The van der Waals surface area contributed by atoms with Crippen LogP contribution >= 0.6 is 0 Å². The Hall–Kier alpha value is -2.31. The predicted molar refractivity (Wildman–Crippen MR) is 80.4 cm³/mol. The van der Waals surface area contributed by atoms with Crippen LogP contribution in [0.4, 0.5) is 16.2 Å². The maximum absolute atomic E-state index is 14.2. The van der Waals surface area contributed by atoms with Crippen molar-refractivity contribution in [1.29, 1.82) is 0 Å². The van der Waals surface area contributed by atoms with E-state index in [2.05, 4.69) is 29.7 Å². The lowest BCUT2D eigenvalue weighted by Gasteiger charge is -2.56. The molecular formula is C15H17FN6. The smallest absolute Gasteiger partial charge is 0.225 e. The number of piperidine rings is 1. The minimum Gasteiger partial charge on any atom is -0.344 e. The van der Waals surface area contributed by atoms with Crippen molar-refractivity contribution in [3.63, 3.8) is 0 Å². The van der Waals surface area contributed by atoms with E-state index in [0.29, 0.717) is 11.5 Å². The van der Waals surface area contributed by atoms with Crippen LogP contribution in [0.15, 0.2) is 18.6 Å². The van der Waals surface area contributed by atoms with E-state index < -0.39 is 0 Å². The minimum atomic E-state index is -0.308. The largest absolute Gasteiger partial charge is 0.344 e. The summed E-state index contributed by atoms with van der Waals surface area (Å²) in [7, 11) is 0. The first-order valence-corrected chi connectivity index (χ1v) is 7.43. The summed E-state index contributed by atoms with van der Waals surface area (Å²) >= 11 is 0. The summed E-state index contributed by atoms with van der Waals surface area (Å²) in [5, 5.41) is 0. The first kappa shape index (κ1) is 13.4. The van der Waals surface area contributed by atoms with Gasteiger partial charge in [0.05, 0.1) is 17.8 Å². The van der Waals surface area contributed by atoms with E-state index in [1.807, 2.05) is 13.0 Å². The SMILES string of the molecule is Cc1ccnc(N2CC3CC(C2)N3c2ncnc(C)c2F)n1. The van der Waals surface area contributed by atoms with E-state index in [1.54, 1.807) is 13.1 Å². The maximum Gasteiger partial charge on any atom is 0.225 e. The number of piperazine rings is 1. The molecule has 0 amide bonds. The second-order valence-corrected chi connectivity index (χ2v) is 5.95. The molecule has 114 valence electrons. The molecule has 7 heteroatoms. The first-order chi connectivity index (χ1) is 10.6. The van der Waals surface area contributed by atoms with Crippen LogP contribution in [0.1, 0.15) is 17.8 Å². The van der Waals surface area contributed by atoms with E-state index in [9.17, 15) is 4.39 Å². The molecular weight excluding hydrogens is 283 g/mol. The lowest BCUT2D eigenvalue weighted by atomic mass is 9.87. The van der Waals surface area contributed by atoms with Gasteiger partial charge < -0.3 is 9.80 Å². The molecule has 0 N–H and O–H groups in total. The number of fused-ring (bicyclic) bond motifs is 2. The van der Waals surface area contributed by atoms with Crippen LogP contribution in [-0.2, 0) is 0 Å². The highest BCUT2D eigenvalue weighted by Gasteiger charge is 2.47. The van der Waals surface area contributed by atoms with Gasteiger partial charge in [0, 0.05) is 25.0 Å². The van der Waals surface area contributed by atoms with Crippen molar-refractivity contribution >= 4 is 11.8 Å². The van der Waals surface area contributed by atoms with Crippen LogP contribution in [0.2, 0.25) is 0 Å². The zero-order valence-corrected chi connectivity index (χ0v) is 12.6. The minimum absolute atomic E-state index is 0.256. The molecule has 3 aliphatic rings. The molecule has 0 aromatic carbocycles. The molecule has 5 rings (SSSR count). The zero-order chi connectivity index (χ0) is 15.3. The van der Waals surface area contributed by atoms with Crippen molar-refractivity contribution in [3.8, 4) is 0 Å². The Morgan fingerprint density at radius 2 is 1.91 bits per heavy atom. The van der Waals surface area contributed by atoms with Crippen LogP contribution in [0.5, 0.6) is 0 Å². The highest BCUT2D eigenvalue weighted by atomic mass is 19.1. The first-order valence-electron chi connectivity index (χ1n) is 7.43. The second kappa shape index (κ2) is 4.86. The van der Waals surface area contributed by atoms with E-state index in [1.165, 1.54) is 6.33 Å². The highest BCUT2D eigenvalue weighted by Crippen LogP contribution is 2.38. The number of hydrogen-bond acceptors (Lipinski definition) is 6. The number of hydrogen-bond donors (Lipinski definition) is 0. The quantitative estimate of drug-likeness (QED) is 0.837. The van der Waals surface area contributed by atoms with Gasteiger partial charge in [-0.25, -0.2) is 24.3 Å². The van der Waals surface area contributed by atoms with Crippen molar-refractivity contribution in [2.75, 3.05) is 22.9 Å². The van der Waals surface area contributed by atoms with E-state index >= 15 is 0 Å². The molecule has 0 saturated carbocycles. The Morgan fingerprint density at radius 1 is 1.14 bits per heavy atom. The number of halogens is 1. The van der Waals surface area contributed by atoms with Crippen molar-refractivity contribution < 1.29 is 4.39 Å². The highest BCUT2D eigenvalue weighted by molar-refractivity contribution is 5.51. The third kappa shape index (κ3) is 2.00. The lowest BCUT2D eigenvalue weighted by Crippen LogP contribution is -2.69. The summed E-state index contributed by atoms with van der Waals surface area (Å²) in [6.45, 7) is 5.22. The second-order valence-electron chi connectivity index (χ2n) is 5.95. The normalized spacial score (nSPS) is 23.4.